The largest absolute Gasteiger partial charge is 0.361 e. The summed E-state index contributed by atoms with van der Waals surface area (Å²) in [7, 11) is 0. The minimum Gasteiger partial charge on any atom is -0.361 e. The molecular weight excluding hydrogens is 414 g/mol. The van der Waals surface area contributed by atoms with Gasteiger partial charge in [0.15, 0.2) is 0 Å². The minimum atomic E-state index is -0.721. The molecule has 1 unspecified atom stereocenters. The third-order valence-electron chi connectivity index (χ3n) is 5.33. The molecule has 7 heteroatoms. The van der Waals surface area contributed by atoms with Gasteiger partial charge >= 0.3 is 0 Å². The van der Waals surface area contributed by atoms with Crippen LogP contribution in [0.2, 0.25) is 0 Å². The molecule has 0 fully saturated rings. The number of aromatic amines is 1. The average molecular weight is 442 g/mol. The second kappa shape index (κ2) is 9.99. The van der Waals surface area contributed by atoms with E-state index in [0.29, 0.717) is 17.9 Å². The number of fused-ring (bicyclic) bond motifs is 1. The number of amides is 2. The van der Waals surface area contributed by atoms with Crippen LogP contribution in [-0.2, 0) is 16.0 Å². The number of para-hydroxylation sites is 2. The maximum absolute atomic E-state index is 13.1. The fraction of sp³-hybridized carbons (Fsp3) is 0.192. The predicted octanol–water partition coefficient (Wildman–Crippen LogP) is 4.63. The molecule has 2 heterocycles. The van der Waals surface area contributed by atoms with Gasteiger partial charge in [0.05, 0.1) is 11.9 Å². The molecule has 4 rings (SSSR count). The van der Waals surface area contributed by atoms with E-state index in [1.807, 2.05) is 60.8 Å². The van der Waals surface area contributed by atoms with Gasteiger partial charge < -0.3 is 20.9 Å². The summed E-state index contributed by atoms with van der Waals surface area (Å²) in [5, 5.41) is 10.0. The van der Waals surface area contributed by atoms with Crippen LogP contribution >= 0.6 is 0 Å². The van der Waals surface area contributed by atoms with Crippen LogP contribution in [0.1, 0.15) is 19.4 Å². The van der Waals surface area contributed by atoms with Gasteiger partial charge in [0.25, 0.3) is 0 Å². The number of hydrogen-bond acceptors (Lipinski definition) is 4. The lowest BCUT2D eigenvalue weighted by Gasteiger charge is -2.19. The molecule has 33 heavy (non-hydrogen) atoms. The van der Waals surface area contributed by atoms with Crippen molar-refractivity contribution < 1.29 is 9.59 Å². The van der Waals surface area contributed by atoms with E-state index in [2.05, 4.69) is 25.9 Å². The van der Waals surface area contributed by atoms with E-state index in [1.165, 1.54) is 0 Å². The molecule has 7 nitrogen and oxygen atoms in total. The Labute approximate surface area is 192 Å². The van der Waals surface area contributed by atoms with E-state index >= 15 is 0 Å². The summed E-state index contributed by atoms with van der Waals surface area (Å²) in [6.45, 7) is 3.61. The first kappa shape index (κ1) is 22.1. The van der Waals surface area contributed by atoms with Gasteiger partial charge in [-0.25, -0.2) is 4.98 Å². The fourth-order valence-corrected chi connectivity index (χ4v) is 3.51. The topological polar surface area (TPSA) is 98.9 Å². The van der Waals surface area contributed by atoms with E-state index in [4.69, 9.17) is 0 Å². The molecule has 4 N–H and O–H groups in total. The number of pyridine rings is 1. The summed E-state index contributed by atoms with van der Waals surface area (Å²) in [5.41, 5.74) is 3.45. The Morgan fingerprint density at radius 3 is 2.39 bits per heavy atom. The van der Waals surface area contributed by atoms with Crippen molar-refractivity contribution in [2.75, 3.05) is 10.6 Å². The molecule has 2 amide bonds. The lowest BCUT2D eigenvalue weighted by atomic mass is 10.0. The van der Waals surface area contributed by atoms with Crippen molar-refractivity contribution in [2.24, 2.45) is 5.92 Å². The molecule has 0 spiro atoms. The summed E-state index contributed by atoms with van der Waals surface area (Å²) in [6.07, 6.45) is 3.85. The number of hydrogen-bond donors (Lipinski definition) is 4. The first-order valence-corrected chi connectivity index (χ1v) is 10.9. The van der Waals surface area contributed by atoms with E-state index in [9.17, 15) is 9.59 Å². The number of benzene rings is 2. The van der Waals surface area contributed by atoms with Crippen LogP contribution in [0.4, 0.5) is 17.2 Å². The van der Waals surface area contributed by atoms with Gasteiger partial charge in [-0.05, 0) is 35.9 Å². The molecule has 4 aromatic rings. The van der Waals surface area contributed by atoms with Crippen molar-refractivity contribution in [3.63, 3.8) is 0 Å². The Bertz CT molecular complexity index is 1230. The summed E-state index contributed by atoms with van der Waals surface area (Å²) >= 11 is 0. The van der Waals surface area contributed by atoms with Crippen molar-refractivity contribution in [1.82, 2.24) is 15.3 Å². The molecule has 0 radical (unpaired) electrons. The van der Waals surface area contributed by atoms with Crippen molar-refractivity contribution in [1.29, 1.82) is 0 Å². The third-order valence-corrected chi connectivity index (χ3v) is 5.33. The van der Waals surface area contributed by atoms with Crippen molar-refractivity contribution in [2.45, 2.75) is 26.3 Å². The summed E-state index contributed by atoms with van der Waals surface area (Å²) < 4.78 is 0. The standard InChI is InChI=1S/C26H27N5O2/c1-17(2)25(32)31-23(14-18-15-27-22-11-7-6-10-21(18)22)26(33)30-20-12-13-24(28-16-20)29-19-8-4-3-5-9-19/h3-13,15-17,23,27H,14H2,1-2H3,(H,28,29)(H,30,33)(H,31,32). The molecule has 2 aromatic carbocycles. The summed E-state index contributed by atoms with van der Waals surface area (Å²) in [4.78, 5) is 33.1. The molecule has 0 saturated carbocycles. The van der Waals surface area contributed by atoms with Gasteiger partial charge in [0.2, 0.25) is 11.8 Å². The maximum atomic E-state index is 13.1. The molecule has 0 aliphatic heterocycles. The van der Waals surface area contributed by atoms with Crippen molar-refractivity contribution in [3.05, 3.63) is 84.7 Å². The maximum Gasteiger partial charge on any atom is 0.247 e. The van der Waals surface area contributed by atoms with E-state index in [-0.39, 0.29) is 17.7 Å². The number of aromatic nitrogens is 2. The highest BCUT2D eigenvalue weighted by Crippen LogP contribution is 2.20. The molecular formula is C26H27N5O2. The number of nitrogens with one attached hydrogen (secondary N) is 4. The number of carbonyl (C=O) groups excluding carboxylic acids is 2. The lowest BCUT2D eigenvalue weighted by molar-refractivity contribution is -0.128. The Morgan fingerprint density at radius 2 is 1.67 bits per heavy atom. The Kier molecular flexibility index (Phi) is 6.69. The molecule has 0 aliphatic rings. The summed E-state index contributed by atoms with van der Waals surface area (Å²) in [5.74, 6) is -0.0219. The number of rotatable bonds is 8. The SMILES string of the molecule is CC(C)C(=O)NC(Cc1c[nH]c2ccccc12)C(=O)Nc1ccc(Nc2ccccc2)nc1. The smallest absolute Gasteiger partial charge is 0.247 e. The zero-order valence-corrected chi connectivity index (χ0v) is 18.6. The Morgan fingerprint density at radius 1 is 0.909 bits per heavy atom. The molecule has 2 aromatic heterocycles. The average Bonchev–Trinajstić information content (AvgIpc) is 3.23. The van der Waals surface area contributed by atoms with Crippen molar-refractivity contribution >= 4 is 39.9 Å². The minimum absolute atomic E-state index is 0.171. The van der Waals surface area contributed by atoms with E-state index < -0.39 is 6.04 Å². The lowest BCUT2D eigenvalue weighted by Crippen LogP contribution is -2.46. The van der Waals surface area contributed by atoms with Crippen LogP contribution in [-0.4, -0.2) is 27.8 Å². The molecule has 0 saturated heterocycles. The second-order valence-corrected chi connectivity index (χ2v) is 8.19. The Balaban J connectivity index is 1.48. The van der Waals surface area contributed by atoms with Crippen LogP contribution in [0.15, 0.2) is 79.1 Å². The number of anilines is 3. The van der Waals surface area contributed by atoms with Gasteiger partial charge in [-0.2, -0.15) is 0 Å². The Hall–Kier alpha value is -4.13. The molecule has 0 aliphatic carbocycles. The zero-order valence-electron chi connectivity index (χ0n) is 18.6. The summed E-state index contributed by atoms with van der Waals surface area (Å²) in [6, 6.07) is 20.5. The van der Waals surface area contributed by atoms with Crippen LogP contribution in [0.25, 0.3) is 10.9 Å². The number of carbonyl (C=O) groups is 2. The van der Waals surface area contributed by atoms with Crippen LogP contribution in [0.3, 0.4) is 0 Å². The zero-order chi connectivity index (χ0) is 23.2. The van der Waals surface area contributed by atoms with Crippen LogP contribution in [0, 0.1) is 5.92 Å². The molecule has 168 valence electrons. The van der Waals surface area contributed by atoms with Crippen LogP contribution < -0.4 is 16.0 Å². The third kappa shape index (κ3) is 5.57. The highest BCUT2D eigenvalue weighted by atomic mass is 16.2. The predicted molar refractivity (Wildman–Crippen MR) is 131 cm³/mol. The monoisotopic (exact) mass is 441 g/mol. The quantitative estimate of drug-likeness (QED) is 0.320. The van der Waals surface area contributed by atoms with Gasteiger partial charge in [-0.1, -0.05) is 50.2 Å². The molecule has 0 bridgehead atoms. The van der Waals surface area contributed by atoms with Gasteiger partial charge in [0.1, 0.15) is 11.9 Å². The fourth-order valence-electron chi connectivity index (χ4n) is 3.51. The number of nitrogens with zero attached hydrogens (tertiary/aromatic N) is 1. The van der Waals surface area contributed by atoms with E-state index in [1.54, 1.807) is 32.2 Å². The van der Waals surface area contributed by atoms with Gasteiger partial charge in [-0.3, -0.25) is 9.59 Å². The van der Waals surface area contributed by atoms with Crippen LogP contribution in [0.5, 0.6) is 0 Å². The second-order valence-electron chi connectivity index (χ2n) is 8.19. The molecule has 1 atom stereocenters. The van der Waals surface area contributed by atoms with Gasteiger partial charge in [-0.15, -0.1) is 0 Å². The van der Waals surface area contributed by atoms with Crippen molar-refractivity contribution in [3.8, 4) is 0 Å². The van der Waals surface area contributed by atoms with Gasteiger partial charge in [0, 0.05) is 35.1 Å². The first-order chi connectivity index (χ1) is 16.0. The highest BCUT2D eigenvalue weighted by molar-refractivity contribution is 5.98. The normalized spacial score (nSPS) is 11.8. The van der Waals surface area contributed by atoms with E-state index in [0.717, 1.165) is 22.2 Å². The first-order valence-electron chi connectivity index (χ1n) is 10.9. The number of H-pyrrole nitrogens is 1. The highest BCUT2D eigenvalue weighted by Gasteiger charge is 2.24.